The van der Waals surface area contributed by atoms with E-state index in [0.717, 1.165) is 30.6 Å². The number of nitrogens with two attached hydrogens (primary N) is 1. The van der Waals surface area contributed by atoms with Gasteiger partial charge in [-0.05, 0) is 6.92 Å². The van der Waals surface area contributed by atoms with Crippen LogP contribution in [-0.2, 0) is 6.54 Å². The molecule has 1 unspecified atom stereocenters. The van der Waals surface area contributed by atoms with Crippen LogP contribution in [0.4, 0.5) is 11.8 Å². The number of hydrogen-bond donors (Lipinski definition) is 1. The summed E-state index contributed by atoms with van der Waals surface area (Å²) >= 11 is 5.97. The lowest BCUT2D eigenvalue weighted by atomic mass is 10.1. The third-order valence-electron chi connectivity index (χ3n) is 3.72. The van der Waals surface area contributed by atoms with Gasteiger partial charge in [-0.15, -0.1) is 10.2 Å². The Hall–Kier alpha value is -1.89. The molecule has 0 bridgehead atoms. The second-order valence-corrected chi connectivity index (χ2v) is 5.89. The number of hydrogen-bond acceptors (Lipinski definition) is 6. The highest BCUT2D eigenvalue weighted by Crippen LogP contribution is 2.31. The summed E-state index contributed by atoms with van der Waals surface area (Å²) in [5.74, 6) is 3.23. The Balaban J connectivity index is 1.97. The van der Waals surface area contributed by atoms with E-state index in [4.69, 9.17) is 17.3 Å². The SMILES string of the molecule is CC(C)c1nnc2n1CCN(c1cc(Cl)nc(N)n1)C2C. The first-order chi connectivity index (χ1) is 9.97. The maximum Gasteiger partial charge on any atom is 0.223 e. The summed E-state index contributed by atoms with van der Waals surface area (Å²) in [4.78, 5) is 10.3. The van der Waals surface area contributed by atoms with Crippen molar-refractivity contribution in [2.75, 3.05) is 17.2 Å². The Morgan fingerprint density at radius 2 is 2.05 bits per heavy atom. The molecule has 112 valence electrons. The quantitative estimate of drug-likeness (QED) is 0.854. The Labute approximate surface area is 128 Å². The summed E-state index contributed by atoms with van der Waals surface area (Å²) in [6.45, 7) is 7.95. The van der Waals surface area contributed by atoms with E-state index < -0.39 is 0 Å². The molecule has 2 aromatic rings. The molecule has 3 heterocycles. The lowest BCUT2D eigenvalue weighted by molar-refractivity contribution is 0.477. The van der Waals surface area contributed by atoms with Crippen molar-refractivity contribution in [3.8, 4) is 0 Å². The van der Waals surface area contributed by atoms with Crippen molar-refractivity contribution >= 4 is 23.4 Å². The average molecular weight is 308 g/mol. The number of nitrogen functional groups attached to an aromatic ring is 1. The minimum atomic E-state index is 0.0594. The van der Waals surface area contributed by atoms with E-state index in [1.165, 1.54) is 0 Å². The normalized spacial score (nSPS) is 18.1. The van der Waals surface area contributed by atoms with Crippen LogP contribution in [0, 0.1) is 0 Å². The Morgan fingerprint density at radius 1 is 1.29 bits per heavy atom. The van der Waals surface area contributed by atoms with Crippen LogP contribution in [-0.4, -0.2) is 31.3 Å². The molecule has 21 heavy (non-hydrogen) atoms. The Bertz CT molecular complexity index is 646. The predicted octanol–water partition coefficient (Wildman–Crippen LogP) is 2.01. The van der Waals surface area contributed by atoms with Crippen LogP contribution in [0.2, 0.25) is 5.15 Å². The van der Waals surface area contributed by atoms with Crippen LogP contribution in [0.25, 0.3) is 0 Å². The standard InChI is InChI=1S/C13H18ClN7/c1-7(2)11-18-19-12-8(3)20(4-5-21(11)12)10-6-9(14)16-13(15)17-10/h6-8H,4-5H2,1-3H3,(H2,15,16,17). The van der Waals surface area contributed by atoms with Crippen LogP contribution < -0.4 is 10.6 Å². The third-order valence-corrected chi connectivity index (χ3v) is 3.92. The second-order valence-electron chi connectivity index (χ2n) is 5.50. The van der Waals surface area contributed by atoms with Crippen molar-refractivity contribution < 1.29 is 0 Å². The predicted molar refractivity (Wildman–Crippen MR) is 81.3 cm³/mol. The van der Waals surface area contributed by atoms with Crippen molar-refractivity contribution in [1.29, 1.82) is 0 Å². The molecule has 1 atom stereocenters. The molecule has 0 aromatic carbocycles. The van der Waals surface area contributed by atoms with Gasteiger partial charge in [0, 0.05) is 25.1 Å². The average Bonchev–Trinajstić information content (AvgIpc) is 2.82. The van der Waals surface area contributed by atoms with E-state index in [9.17, 15) is 0 Å². The molecule has 1 aliphatic heterocycles. The third kappa shape index (κ3) is 2.42. The molecule has 0 aliphatic carbocycles. The zero-order valence-electron chi connectivity index (χ0n) is 12.3. The smallest absolute Gasteiger partial charge is 0.223 e. The first-order valence-corrected chi connectivity index (χ1v) is 7.35. The number of fused-ring (bicyclic) bond motifs is 1. The fraction of sp³-hybridized carbons (Fsp3) is 0.538. The molecule has 0 saturated carbocycles. The number of nitrogens with zero attached hydrogens (tertiary/aromatic N) is 6. The molecule has 0 amide bonds. The van der Waals surface area contributed by atoms with Gasteiger partial charge >= 0.3 is 0 Å². The van der Waals surface area contributed by atoms with Crippen molar-refractivity contribution in [3.63, 3.8) is 0 Å². The van der Waals surface area contributed by atoms with Gasteiger partial charge < -0.3 is 15.2 Å². The maximum atomic E-state index is 5.97. The number of aromatic nitrogens is 5. The zero-order chi connectivity index (χ0) is 15.1. The van der Waals surface area contributed by atoms with Crippen molar-refractivity contribution in [2.45, 2.75) is 39.3 Å². The highest BCUT2D eigenvalue weighted by molar-refractivity contribution is 6.29. The fourth-order valence-corrected chi connectivity index (χ4v) is 2.90. The molecule has 2 aromatic heterocycles. The summed E-state index contributed by atoms with van der Waals surface area (Å²) in [5, 5.41) is 9.00. The van der Waals surface area contributed by atoms with Gasteiger partial charge in [-0.25, -0.2) is 4.98 Å². The minimum absolute atomic E-state index is 0.0594. The molecule has 0 fully saturated rings. The van der Waals surface area contributed by atoms with Crippen molar-refractivity contribution in [3.05, 3.63) is 22.9 Å². The van der Waals surface area contributed by atoms with E-state index in [1.807, 2.05) is 0 Å². The lowest BCUT2D eigenvalue weighted by Crippen LogP contribution is -2.38. The Morgan fingerprint density at radius 3 is 2.71 bits per heavy atom. The van der Waals surface area contributed by atoms with Crippen LogP contribution in [0.1, 0.15) is 44.4 Å². The van der Waals surface area contributed by atoms with Gasteiger partial charge in [0.25, 0.3) is 0 Å². The summed E-state index contributed by atoms with van der Waals surface area (Å²) in [5.41, 5.74) is 5.68. The van der Waals surface area contributed by atoms with Crippen molar-refractivity contribution in [2.24, 2.45) is 0 Å². The highest BCUT2D eigenvalue weighted by atomic mass is 35.5. The fourth-order valence-electron chi connectivity index (χ4n) is 2.72. The molecule has 0 spiro atoms. The summed E-state index contributed by atoms with van der Waals surface area (Å²) < 4.78 is 2.19. The molecule has 2 N–H and O–H groups in total. The molecule has 3 rings (SSSR count). The molecule has 8 heteroatoms. The van der Waals surface area contributed by atoms with Gasteiger partial charge in [0.05, 0.1) is 6.04 Å². The van der Waals surface area contributed by atoms with E-state index in [2.05, 4.69) is 50.4 Å². The topological polar surface area (TPSA) is 85.8 Å². The highest BCUT2D eigenvalue weighted by Gasteiger charge is 2.30. The zero-order valence-corrected chi connectivity index (χ0v) is 13.0. The van der Waals surface area contributed by atoms with Gasteiger partial charge in [-0.1, -0.05) is 25.4 Å². The van der Waals surface area contributed by atoms with Crippen LogP contribution in [0.15, 0.2) is 6.07 Å². The van der Waals surface area contributed by atoms with Crippen molar-refractivity contribution in [1.82, 2.24) is 24.7 Å². The molecule has 0 saturated heterocycles. The van der Waals surface area contributed by atoms with E-state index >= 15 is 0 Å². The van der Waals surface area contributed by atoms with Crippen LogP contribution in [0.5, 0.6) is 0 Å². The molecular weight excluding hydrogens is 290 g/mol. The van der Waals surface area contributed by atoms with Crippen LogP contribution in [0.3, 0.4) is 0 Å². The van der Waals surface area contributed by atoms with Gasteiger partial charge in [-0.2, -0.15) is 4.98 Å². The van der Waals surface area contributed by atoms with Gasteiger partial charge in [0.1, 0.15) is 16.8 Å². The summed E-state index contributed by atoms with van der Waals surface area (Å²) in [6.07, 6.45) is 0. The molecule has 1 aliphatic rings. The summed E-state index contributed by atoms with van der Waals surface area (Å²) in [7, 11) is 0. The van der Waals surface area contributed by atoms with E-state index in [0.29, 0.717) is 11.1 Å². The van der Waals surface area contributed by atoms with Gasteiger partial charge in [-0.3, -0.25) is 0 Å². The number of anilines is 2. The minimum Gasteiger partial charge on any atom is -0.368 e. The molecule has 0 radical (unpaired) electrons. The first-order valence-electron chi connectivity index (χ1n) is 6.97. The maximum absolute atomic E-state index is 5.97. The Kier molecular flexibility index (Phi) is 3.44. The van der Waals surface area contributed by atoms with Crippen LogP contribution >= 0.6 is 11.6 Å². The second kappa shape index (κ2) is 5.14. The largest absolute Gasteiger partial charge is 0.368 e. The number of rotatable bonds is 2. The first kappa shape index (κ1) is 14.1. The summed E-state index contributed by atoms with van der Waals surface area (Å²) in [6, 6.07) is 1.79. The lowest BCUT2D eigenvalue weighted by Gasteiger charge is -2.34. The van der Waals surface area contributed by atoms with E-state index in [1.54, 1.807) is 6.07 Å². The van der Waals surface area contributed by atoms with E-state index in [-0.39, 0.29) is 12.0 Å². The molecule has 7 nitrogen and oxygen atoms in total. The molecular formula is C13H18ClN7. The number of halogens is 1. The van der Waals surface area contributed by atoms with Gasteiger partial charge in [0.15, 0.2) is 5.82 Å². The monoisotopic (exact) mass is 307 g/mol. The van der Waals surface area contributed by atoms with Gasteiger partial charge in [0.2, 0.25) is 5.95 Å².